The number of aromatic nitrogens is 2. The Bertz CT molecular complexity index is 842. The molecule has 116 valence electrons. The van der Waals surface area contributed by atoms with Crippen LogP contribution in [-0.2, 0) is 13.0 Å². The molecule has 1 aromatic heterocycles. The molecule has 0 aliphatic carbocycles. The largest absolute Gasteiger partial charge is 0.399 e. The molecule has 2 aromatic carbocycles. The van der Waals surface area contributed by atoms with E-state index in [2.05, 4.69) is 4.98 Å². The molecule has 0 aliphatic heterocycles. The number of nitro benzene ring substituents is 1. The summed E-state index contributed by atoms with van der Waals surface area (Å²) in [5.41, 5.74) is 8.34. The maximum absolute atomic E-state index is 11.1. The van der Waals surface area contributed by atoms with E-state index in [1.807, 2.05) is 35.0 Å². The lowest BCUT2D eigenvalue weighted by atomic mass is 10.1. The lowest BCUT2D eigenvalue weighted by Crippen LogP contribution is -2.07. The maximum atomic E-state index is 11.1. The Balaban J connectivity index is 1.86. The minimum Gasteiger partial charge on any atom is -0.399 e. The summed E-state index contributed by atoms with van der Waals surface area (Å²) in [6.45, 7) is 0.412. The zero-order chi connectivity index (χ0) is 16.2. The van der Waals surface area contributed by atoms with Crippen LogP contribution in [0.25, 0.3) is 0 Å². The van der Waals surface area contributed by atoms with E-state index in [-0.39, 0.29) is 10.6 Å². The van der Waals surface area contributed by atoms with Gasteiger partial charge in [0.05, 0.1) is 11.5 Å². The van der Waals surface area contributed by atoms with Crippen molar-refractivity contribution in [2.75, 3.05) is 5.73 Å². The molecule has 0 bridgehead atoms. The maximum Gasteiger partial charge on any atom is 0.274 e. The molecule has 3 rings (SSSR count). The van der Waals surface area contributed by atoms with Gasteiger partial charge in [0.1, 0.15) is 5.82 Å². The van der Waals surface area contributed by atoms with Crippen LogP contribution in [0.4, 0.5) is 11.4 Å². The monoisotopic (exact) mass is 308 g/mol. The fraction of sp³-hybridized carbons (Fsp3) is 0.118. The summed E-state index contributed by atoms with van der Waals surface area (Å²) in [7, 11) is 0. The molecular weight excluding hydrogens is 292 g/mol. The molecule has 0 radical (unpaired) electrons. The molecule has 0 unspecified atom stereocenters. The summed E-state index contributed by atoms with van der Waals surface area (Å²) in [5, 5.41) is 11.1. The van der Waals surface area contributed by atoms with Crippen LogP contribution in [0.15, 0.2) is 60.9 Å². The van der Waals surface area contributed by atoms with Gasteiger partial charge in [0.25, 0.3) is 5.69 Å². The first kappa shape index (κ1) is 14.8. The van der Waals surface area contributed by atoms with Crippen molar-refractivity contribution in [3.63, 3.8) is 0 Å². The van der Waals surface area contributed by atoms with Gasteiger partial charge in [-0.2, -0.15) is 0 Å². The topological polar surface area (TPSA) is 87.0 Å². The predicted molar refractivity (Wildman–Crippen MR) is 88.1 cm³/mol. The molecule has 0 aliphatic rings. The quantitative estimate of drug-likeness (QED) is 0.446. The number of imidazole rings is 1. The second-order valence-corrected chi connectivity index (χ2v) is 5.28. The predicted octanol–water partition coefficient (Wildman–Crippen LogP) is 3.01. The number of nitro groups is 1. The molecular formula is C17H16N4O2. The van der Waals surface area contributed by atoms with E-state index in [4.69, 9.17) is 5.73 Å². The average Bonchev–Trinajstić information content (AvgIpc) is 2.94. The molecule has 6 nitrogen and oxygen atoms in total. The molecule has 23 heavy (non-hydrogen) atoms. The number of hydrogen-bond donors (Lipinski definition) is 1. The van der Waals surface area contributed by atoms with Crippen molar-refractivity contribution in [2.24, 2.45) is 0 Å². The molecule has 6 heteroatoms. The number of nitrogens with two attached hydrogens (primary N) is 1. The highest BCUT2D eigenvalue weighted by Crippen LogP contribution is 2.20. The van der Waals surface area contributed by atoms with Gasteiger partial charge in [0.2, 0.25) is 0 Å². The summed E-state index contributed by atoms with van der Waals surface area (Å²) >= 11 is 0. The number of nitrogen functional groups attached to an aromatic ring is 1. The molecule has 0 saturated heterocycles. The highest BCUT2D eigenvalue weighted by Gasteiger charge is 2.14. The summed E-state index contributed by atoms with van der Waals surface area (Å²) in [6, 6.07) is 14.4. The van der Waals surface area contributed by atoms with Crippen molar-refractivity contribution < 1.29 is 4.92 Å². The van der Waals surface area contributed by atoms with E-state index in [0.29, 0.717) is 24.2 Å². The molecule has 3 aromatic rings. The highest BCUT2D eigenvalue weighted by atomic mass is 16.6. The van der Waals surface area contributed by atoms with Gasteiger partial charge in [-0.25, -0.2) is 4.98 Å². The van der Waals surface area contributed by atoms with E-state index in [0.717, 1.165) is 11.4 Å². The Morgan fingerprint density at radius 2 is 2.00 bits per heavy atom. The van der Waals surface area contributed by atoms with Crippen LogP contribution in [0, 0.1) is 10.1 Å². The number of rotatable bonds is 5. The fourth-order valence-electron chi connectivity index (χ4n) is 2.54. The Kier molecular flexibility index (Phi) is 4.05. The zero-order valence-corrected chi connectivity index (χ0v) is 12.4. The van der Waals surface area contributed by atoms with Crippen molar-refractivity contribution in [1.82, 2.24) is 9.55 Å². The standard InChI is InChI=1S/C17H16N4O2/c18-15-6-3-4-13(10-15)11-17-19-8-9-20(17)12-14-5-1-2-7-16(14)21(22)23/h1-10H,11-12,18H2. The van der Waals surface area contributed by atoms with Gasteiger partial charge < -0.3 is 10.3 Å². The van der Waals surface area contributed by atoms with Gasteiger partial charge in [-0.05, 0) is 17.7 Å². The van der Waals surface area contributed by atoms with Gasteiger partial charge in [-0.15, -0.1) is 0 Å². The summed E-state index contributed by atoms with van der Waals surface area (Å²) in [5.74, 6) is 0.841. The van der Waals surface area contributed by atoms with E-state index in [9.17, 15) is 10.1 Å². The molecule has 0 amide bonds. The molecule has 0 spiro atoms. The zero-order valence-electron chi connectivity index (χ0n) is 12.4. The lowest BCUT2D eigenvalue weighted by Gasteiger charge is -2.09. The first-order valence-electron chi connectivity index (χ1n) is 7.20. The number of benzene rings is 2. The minimum atomic E-state index is -0.357. The van der Waals surface area contributed by atoms with Crippen molar-refractivity contribution in [2.45, 2.75) is 13.0 Å². The second-order valence-electron chi connectivity index (χ2n) is 5.28. The van der Waals surface area contributed by atoms with Crippen LogP contribution in [0.5, 0.6) is 0 Å². The first-order chi connectivity index (χ1) is 11.1. The SMILES string of the molecule is Nc1cccc(Cc2nccn2Cc2ccccc2[N+](=O)[O-])c1. The van der Waals surface area contributed by atoms with Gasteiger partial charge in [-0.3, -0.25) is 10.1 Å². The Morgan fingerprint density at radius 1 is 1.17 bits per heavy atom. The van der Waals surface area contributed by atoms with E-state index < -0.39 is 0 Å². The van der Waals surface area contributed by atoms with Gasteiger partial charge in [0, 0.05) is 36.1 Å². The van der Waals surface area contributed by atoms with Gasteiger partial charge >= 0.3 is 0 Å². The van der Waals surface area contributed by atoms with E-state index in [1.165, 1.54) is 6.07 Å². The third-order valence-electron chi connectivity index (χ3n) is 3.64. The molecule has 0 fully saturated rings. The van der Waals surface area contributed by atoms with E-state index >= 15 is 0 Å². The smallest absolute Gasteiger partial charge is 0.274 e. The number of nitrogens with zero attached hydrogens (tertiary/aromatic N) is 3. The summed E-state index contributed by atoms with van der Waals surface area (Å²) in [6.07, 6.45) is 4.16. The summed E-state index contributed by atoms with van der Waals surface area (Å²) in [4.78, 5) is 15.1. The first-order valence-corrected chi connectivity index (χ1v) is 7.20. The number of anilines is 1. The number of para-hydroxylation sites is 1. The average molecular weight is 308 g/mol. The van der Waals surface area contributed by atoms with Crippen LogP contribution in [0.2, 0.25) is 0 Å². The third kappa shape index (κ3) is 3.37. The Hall–Kier alpha value is -3.15. The van der Waals surface area contributed by atoms with Crippen LogP contribution in [0.1, 0.15) is 17.0 Å². The Labute approximate surface area is 133 Å². The minimum absolute atomic E-state index is 0.121. The fourth-order valence-corrected chi connectivity index (χ4v) is 2.54. The highest BCUT2D eigenvalue weighted by molar-refractivity contribution is 5.42. The third-order valence-corrected chi connectivity index (χ3v) is 3.64. The molecule has 1 heterocycles. The van der Waals surface area contributed by atoms with Crippen molar-refractivity contribution in [1.29, 1.82) is 0 Å². The molecule has 2 N–H and O–H groups in total. The van der Waals surface area contributed by atoms with Crippen LogP contribution < -0.4 is 5.73 Å². The van der Waals surface area contributed by atoms with Crippen LogP contribution in [0.3, 0.4) is 0 Å². The second kappa shape index (κ2) is 6.31. The van der Waals surface area contributed by atoms with Crippen LogP contribution in [-0.4, -0.2) is 14.5 Å². The van der Waals surface area contributed by atoms with Crippen molar-refractivity contribution >= 4 is 11.4 Å². The number of hydrogen-bond acceptors (Lipinski definition) is 4. The Morgan fingerprint density at radius 3 is 2.78 bits per heavy atom. The summed E-state index contributed by atoms with van der Waals surface area (Å²) < 4.78 is 1.92. The van der Waals surface area contributed by atoms with Crippen molar-refractivity contribution in [3.05, 3.63) is 88.0 Å². The lowest BCUT2D eigenvalue weighted by molar-refractivity contribution is -0.385. The normalized spacial score (nSPS) is 10.6. The molecule has 0 atom stereocenters. The van der Waals surface area contributed by atoms with Crippen LogP contribution >= 0.6 is 0 Å². The van der Waals surface area contributed by atoms with Gasteiger partial charge in [0.15, 0.2) is 0 Å². The van der Waals surface area contributed by atoms with Gasteiger partial charge in [-0.1, -0.05) is 30.3 Å². The molecule has 0 saturated carbocycles. The van der Waals surface area contributed by atoms with Crippen molar-refractivity contribution in [3.8, 4) is 0 Å². The van der Waals surface area contributed by atoms with E-state index in [1.54, 1.807) is 24.4 Å².